The van der Waals surface area contributed by atoms with Crippen LogP contribution >= 0.6 is 12.6 Å². The molecular formula is C13H19N3OS. The van der Waals surface area contributed by atoms with Gasteiger partial charge in [-0.1, -0.05) is 0 Å². The van der Waals surface area contributed by atoms with Gasteiger partial charge in [-0.3, -0.25) is 9.78 Å². The maximum Gasteiger partial charge on any atom is 0.223 e. The fourth-order valence-electron chi connectivity index (χ4n) is 2.21. The molecule has 0 bridgehead atoms. The van der Waals surface area contributed by atoms with Crippen molar-refractivity contribution in [3.63, 3.8) is 0 Å². The van der Waals surface area contributed by atoms with Gasteiger partial charge >= 0.3 is 0 Å². The molecule has 0 atom stereocenters. The molecule has 0 saturated carbocycles. The summed E-state index contributed by atoms with van der Waals surface area (Å²) < 4.78 is 0. The highest BCUT2D eigenvalue weighted by molar-refractivity contribution is 7.80. The van der Waals surface area contributed by atoms with E-state index in [1.54, 1.807) is 12.4 Å². The molecule has 0 radical (unpaired) electrons. The molecule has 0 spiro atoms. The Balaban J connectivity index is 1.78. The molecule has 1 amide bonds. The summed E-state index contributed by atoms with van der Waals surface area (Å²) in [6.45, 7) is 1.69. The van der Waals surface area contributed by atoms with Crippen LogP contribution in [0.1, 0.15) is 19.3 Å². The first-order valence-electron chi connectivity index (χ1n) is 6.35. The molecule has 0 aromatic carbocycles. The molecule has 1 aromatic rings. The van der Waals surface area contributed by atoms with Crippen LogP contribution in [-0.4, -0.2) is 40.7 Å². The number of carbonyl (C=O) groups excluding carboxylic acids is 1. The average molecular weight is 265 g/mol. The normalized spacial score (nSPS) is 16.6. The van der Waals surface area contributed by atoms with E-state index in [0.29, 0.717) is 18.2 Å². The second-order valence-corrected chi connectivity index (χ2v) is 4.96. The van der Waals surface area contributed by atoms with E-state index in [-0.39, 0.29) is 5.91 Å². The Morgan fingerprint density at radius 3 is 2.67 bits per heavy atom. The minimum atomic E-state index is 0.229. The summed E-state index contributed by atoms with van der Waals surface area (Å²) in [4.78, 5) is 17.7. The Hall–Kier alpha value is -1.23. The van der Waals surface area contributed by atoms with Gasteiger partial charge in [0.15, 0.2) is 0 Å². The topological polar surface area (TPSA) is 45.2 Å². The van der Waals surface area contributed by atoms with Crippen LogP contribution in [0, 0.1) is 0 Å². The highest BCUT2D eigenvalue weighted by atomic mass is 32.1. The SMILES string of the molecule is O=C(CCS)N1CCC(Nc2ccncc2)CC1. The van der Waals surface area contributed by atoms with Crippen molar-refractivity contribution in [2.75, 3.05) is 24.2 Å². The van der Waals surface area contributed by atoms with Crippen LogP contribution in [0.15, 0.2) is 24.5 Å². The molecule has 1 aliphatic heterocycles. The maximum absolute atomic E-state index is 11.7. The highest BCUT2D eigenvalue weighted by Gasteiger charge is 2.21. The van der Waals surface area contributed by atoms with Crippen LogP contribution in [0.2, 0.25) is 0 Å². The first-order chi connectivity index (χ1) is 8.79. The molecule has 1 N–H and O–H groups in total. The zero-order chi connectivity index (χ0) is 12.8. The van der Waals surface area contributed by atoms with Gasteiger partial charge in [-0.25, -0.2) is 0 Å². The molecule has 2 rings (SSSR count). The number of aromatic nitrogens is 1. The van der Waals surface area contributed by atoms with Crippen molar-refractivity contribution < 1.29 is 4.79 Å². The summed E-state index contributed by atoms with van der Waals surface area (Å²) in [5.41, 5.74) is 1.10. The van der Waals surface area contributed by atoms with Gasteiger partial charge in [0.25, 0.3) is 0 Å². The average Bonchev–Trinajstić information content (AvgIpc) is 2.41. The number of likely N-dealkylation sites (tertiary alicyclic amines) is 1. The molecule has 18 heavy (non-hydrogen) atoms. The fraction of sp³-hybridized carbons (Fsp3) is 0.538. The smallest absolute Gasteiger partial charge is 0.223 e. The number of carbonyl (C=O) groups is 1. The van der Waals surface area contributed by atoms with Crippen LogP contribution in [0.4, 0.5) is 5.69 Å². The monoisotopic (exact) mass is 265 g/mol. The predicted molar refractivity (Wildman–Crippen MR) is 75.9 cm³/mol. The van der Waals surface area contributed by atoms with Crippen LogP contribution in [0.3, 0.4) is 0 Å². The van der Waals surface area contributed by atoms with Crippen LogP contribution in [0.25, 0.3) is 0 Å². The van der Waals surface area contributed by atoms with E-state index in [1.165, 1.54) is 0 Å². The Morgan fingerprint density at radius 1 is 1.39 bits per heavy atom. The lowest BCUT2D eigenvalue weighted by Crippen LogP contribution is -2.42. The van der Waals surface area contributed by atoms with Gasteiger partial charge in [0.1, 0.15) is 0 Å². The van der Waals surface area contributed by atoms with Crippen molar-refractivity contribution in [2.24, 2.45) is 0 Å². The van der Waals surface area contributed by atoms with Crippen molar-refractivity contribution in [3.05, 3.63) is 24.5 Å². The maximum atomic E-state index is 11.7. The highest BCUT2D eigenvalue weighted by Crippen LogP contribution is 2.16. The number of amides is 1. The van der Waals surface area contributed by atoms with E-state index in [9.17, 15) is 4.79 Å². The molecule has 5 heteroatoms. The largest absolute Gasteiger partial charge is 0.382 e. The van der Waals surface area contributed by atoms with Gasteiger partial charge in [-0.15, -0.1) is 0 Å². The molecule has 0 aliphatic carbocycles. The van der Waals surface area contributed by atoms with Gasteiger partial charge in [-0.05, 0) is 30.7 Å². The number of hydrogen-bond donors (Lipinski definition) is 2. The standard InChI is InChI=1S/C13H19N3OS/c17-13(5-10-18)16-8-3-12(4-9-16)15-11-1-6-14-7-2-11/h1-2,6-7,12,18H,3-5,8-10H2,(H,14,15). The fourth-order valence-corrected chi connectivity index (χ4v) is 2.40. The third-order valence-corrected chi connectivity index (χ3v) is 3.45. The van der Waals surface area contributed by atoms with E-state index >= 15 is 0 Å². The number of nitrogens with one attached hydrogen (secondary N) is 1. The van der Waals surface area contributed by atoms with E-state index in [0.717, 1.165) is 31.6 Å². The molecule has 4 nitrogen and oxygen atoms in total. The second kappa shape index (κ2) is 6.64. The zero-order valence-electron chi connectivity index (χ0n) is 10.4. The molecule has 98 valence electrons. The summed E-state index contributed by atoms with van der Waals surface area (Å²) >= 11 is 4.10. The lowest BCUT2D eigenvalue weighted by atomic mass is 10.0. The Morgan fingerprint density at radius 2 is 2.06 bits per heavy atom. The first kappa shape index (κ1) is 13.2. The van der Waals surface area contributed by atoms with Crippen molar-refractivity contribution in [3.8, 4) is 0 Å². The Kier molecular flexibility index (Phi) is 4.87. The number of anilines is 1. The van der Waals surface area contributed by atoms with E-state index in [2.05, 4.69) is 22.9 Å². The van der Waals surface area contributed by atoms with E-state index < -0.39 is 0 Å². The second-order valence-electron chi connectivity index (χ2n) is 4.51. The molecule has 1 aliphatic rings. The minimum Gasteiger partial charge on any atom is -0.382 e. The lowest BCUT2D eigenvalue weighted by Gasteiger charge is -2.32. The number of pyridine rings is 1. The summed E-state index contributed by atoms with van der Waals surface area (Å²) in [5.74, 6) is 0.862. The number of thiol groups is 1. The molecular weight excluding hydrogens is 246 g/mol. The van der Waals surface area contributed by atoms with Gasteiger partial charge in [0.2, 0.25) is 5.91 Å². The molecule has 2 heterocycles. The molecule has 1 aromatic heterocycles. The Bertz CT molecular complexity index is 377. The van der Waals surface area contributed by atoms with Crippen molar-refractivity contribution in [1.29, 1.82) is 0 Å². The summed E-state index contributed by atoms with van der Waals surface area (Å²) in [5, 5.41) is 3.48. The number of rotatable bonds is 4. The quantitative estimate of drug-likeness (QED) is 0.816. The lowest BCUT2D eigenvalue weighted by molar-refractivity contribution is -0.131. The van der Waals surface area contributed by atoms with Crippen molar-refractivity contribution >= 4 is 24.2 Å². The Labute approximate surface area is 113 Å². The number of nitrogens with zero attached hydrogens (tertiary/aromatic N) is 2. The first-order valence-corrected chi connectivity index (χ1v) is 6.98. The van der Waals surface area contributed by atoms with Crippen LogP contribution in [-0.2, 0) is 4.79 Å². The molecule has 1 fully saturated rings. The van der Waals surface area contributed by atoms with Gasteiger partial charge in [0, 0.05) is 43.6 Å². The third-order valence-electron chi connectivity index (χ3n) is 3.22. The summed E-state index contributed by atoms with van der Waals surface area (Å²) in [7, 11) is 0. The summed E-state index contributed by atoms with van der Waals surface area (Å²) in [6.07, 6.45) is 6.12. The van der Waals surface area contributed by atoms with Crippen molar-refractivity contribution in [2.45, 2.75) is 25.3 Å². The number of hydrogen-bond acceptors (Lipinski definition) is 4. The van der Waals surface area contributed by atoms with Gasteiger partial charge < -0.3 is 10.2 Å². The van der Waals surface area contributed by atoms with E-state index in [1.807, 2.05) is 17.0 Å². The van der Waals surface area contributed by atoms with Crippen LogP contribution < -0.4 is 5.32 Å². The van der Waals surface area contributed by atoms with Crippen LogP contribution in [0.5, 0.6) is 0 Å². The third kappa shape index (κ3) is 3.63. The predicted octanol–water partition coefficient (Wildman–Crippen LogP) is 1.80. The van der Waals surface area contributed by atoms with Crippen molar-refractivity contribution in [1.82, 2.24) is 9.88 Å². The van der Waals surface area contributed by atoms with E-state index in [4.69, 9.17) is 0 Å². The van der Waals surface area contributed by atoms with Gasteiger partial charge in [-0.2, -0.15) is 12.6 Å². The molecule has 1 saturated heterocycles. The van der Waals surface area contributed by atoms with Gasteiger partial charge in [0.05, 0.1) is 0 Å². The number of piperidine rings is 1. The minimum absolute atomic E-state index is 0.229. The zero-order valence-corrected chi connectivity index (χ0v) is 11.3. The molecule has 0 unspecified atom stereocenters. The summed E-state index contributed by atoms with van der Waals surface area (Å²) in [6, 6.07) is 4.39.